The summed E-state index contributed by atoms with van der Waals surface area (Å²) in [5, 5.41) is 18.1. The number of carbonyl (C=O) groups excluding carboxylic acids is 1. The molecule has 4 atom stereocenters. The van der Waals surface area contributed by atoms with Gasteiger partial charge in [0.2, 0.25) is 0 Å². The van der Waals surface area contributed by atoms with Gasteiger partial charge in [0.1, 0.15) is 18.1 Å². The number of aliphatic hydroxyl groups excluding tert-OH is 1. The first kappa shape index (κ1) is 16.4. The number of amides is 1. The lowest BCUT2D eigenvalue weighted by Crippen LogP contribution is -2.42. The highest BCUT2D eigenvalue weighted by Gasteiger charge is 2.44. The largest absolute Gasteiger partial charge is 0.488 e. The molecule has 2 heterocycles. The monoisotopic (exact) mass is 363 g/mol. The van der Waals surface area contributed by atoms with Crippen LogP contribution in [0, 0.1) is 11.8 Å². The number of fused-ring (bicyclic) bond motifs is 1. The Bertz CT molecular complexity index is 754. The maximum atomic E-state index is 12.4. The fourth-order valence-electron chi connectivity index (χ4n) is 3.82. The molecule has 0 radical (unpaired) electrons. The number of hydrogen-bond acceptors (Lipinski definition) is 6. The number of carbonyl (C=O) groups is 1. The molecule has 4 rings (SSSR count). The second-order valence-corrected chi connectivity index (χ2v) is 7.11. The van der Waals surface area contributed by atoms with Crippen LogP contribution in [0.2, 0.25) is 5.02 Å². The molecule has 1 aliphatic heterocycles. The van der Waals surface area contributed by atoms with Crippen LogP contribution in [0.25, 0.3) is 0 Å². The highest BCUT2D eigenvalue weighted by Crippen LogP contribution is 2.38. The molecule has 0 spiro atoms. The number of aromatic nitrogens is 2. The van der Waals surface area contributed by atoms with Crippen molar-refractivity contribution in [3.8, 4) is 5.75 Å². The molecule has 1 amide bonds. The molecule has 1 N–H and O–H groups in total. The Hall–Kier alpha value is -2.12. The highest BCUT2D eigenvalue weighted by atomic mass is 35.5. The van der Waals surface area contributed by atoms with Crippen LogP contribution in [-0.4, -0.2) is 51.5 Å². The van der Waals surface area contributed by atoms with Gasteiger partial charge in [-0.2, -0.15) is 0 Å². The fourth-order valence-corrected chi connectivity index (χ4v) is 4.00. The van der Waals surface area contributed by atoms with E-state index in [4.69, 9.17) is 16.3 Å². The van der Waals surface area contributed by atoms with E-state index in [0.717, 1.165) is 0 Å². The van der Waals surface area contributed by atoms with Crippen LogP contribution in [-0.2, 0) is 0 Å². The van der Waals surface area contributed by atoms with E-state index in [1.807, 2.05) is 12.1 Å². The molecule has 1 saturated heterocycles. The predicted molar refractivity (Wildman–Crippen MR) is 88.3 cm³/mol. The SMILES string of the molecule is O=C(c1cnon1)N1C[C@H]2C[C@@H](Oc3cccc(Cl)c3)[C@H](O)C[C@H]2C1. The Morgan fingerprint density at radius 1 is 1.32 bits per heavy atom. The Kier molecular flexibility index (Phi) is 4.35. The molecule has 0 unspecified atom stereocenters. The standard InChI is InChI=1S/C17H18ClN3O4/c18-12-2-1-3-13(6-12)24-16-5-11-9-21(8-10(11)4-15(16)22)17(23)14-7-19-25-20-14/h1-3,6-7,10-11,15-16,22H,4-5,8-9H2/t10-,11+,15+,16+/m0/s1. The average Bonchev–Trinajstić information content (AvgIpc) is 3.24. The van der Waals surface area contributed by atoms with Crippen molar-refractivity contribution < 1.29 is 19.3 Å². The van der Waals surface area contributed by atoms with Gasteiger partial charge in [-0.05, 0) is 48.0 Å². The quantitative estimate of drug-likeness (QED) is 0.897. The minimum absolute atomic E-state index is 0.183. The lowest BCUT2D eigenvalue weighted by molar-refractivity contribution is -0.0231. The van der Waals surface area contributed by atoms with Crippen molar-refractivity contribution >= 4 is 17.5 Å². The van der Waals surface area contributed by atoms with Crippen molar-refractivity contribution in [1.82, 2.24) is 15.2 Å². The summed E-state index contributed by atoms with van der Waals surface area (Å²) in [6, 6.07) is 7.16. The maximum Gasteiger partial charge on any atom is 0.277 e. The molecule has 1 aromatic carbocycles. The molecule has 0 bridgehead atoms. The Labute approximate surface area is 149 Å². The second-order valence-electron chi connectivity index (χ2n) is 6.68. The normalized spacial score (nSPS) is 28.6. The van der Waals surface area contributed by atoms with Gasteiger partial charge < -0.3 is 14.7 Å². The van der Waals surface area contributed by atoms with E-state index in [2.05, 4.69) is 14.9 Å². The molecule has 1 aliphatic carbocycles. The summed E-state index contributed by atoms with van der Waals surface area (Å²) in [6.07, 6.45) is 1.76. The number of benzene rings is 1. The second kappa shape index (κ2) is 6.65. The van der Waals surface area contributed by atoms with Crippen LogP contribution in [0.1, 0.15) is 23.3 Å². The summed E-state index contributed by atoms with van der Waals surface area (Å²) in [5.74, 6) is 1.02. The van der Waals surface area contributed by atoms with Gasteiger partial charge >= 0.3 is 0 Å². The summed E-state index contributed by atoms with van der Waals surface area (Å²) in [5.41, 5.74) is 0.214. The maximum absolute atomic E-state index is 12.4. The smallest absolute Gasteiger partial charge is 0.277 e. The van der Waals surface area contributed by atoms with Gasteiger partial charge in [0.15, 0.2) is 5.69 Å². The molecule has 1 aromatic heterocycles. The van der Waals surface area contributed by atoms with Crippen LogP contribution in [0.3, 0.4) is 0 Å². The minimum atomic E-state index is -0.566. The molecule has 1 saturated carbocycles. The van der Waals surface area contributed by atoms with Crippen molar-refractivity contribution in [2.24, 2.45) is 11.8 Å². The van der Waals surface area contributed by atoms with E-state index in [1.54, 1.807) is 17.0 Å². The lowest BCUT2D eigenvalue weighted by atomic mass is 9.78. The summed E-state index contributed by atoms with van der Waals surface area (Å²) >= 11 is 5.99. The Morgan fingerprint density at radius 2 is 2.12 bits per heavy atom. The number of rotatable bonds is 3. The van der Waals surface area contributed by atoms with Gasteiger partial charge in [0, 0.05) is 18.1 Å². The summed E-state index contributed by atoms with van der Waals surface area (Å²) in [6.45, 7) is 1.23. The number of likely N-dealkylation sites (tertiary alicyclic amines) is 1. The van der Waals surface area contributed by atoms with Gasteiger partial charge in [-0.15, -0.1) is 0 Å². The van der Waals surface area contributed by atoms with Gasteiger partial charge in [-0.25, -0.2) is 4.63 Å². The topological polar surface area (TPSA) is 88.7 Å². The van der Waals surface area contributed by atoms with Gasteiger partial charge in [0.25, 0.3) is 5.91 Å². The highest BCUT2D eigenvalue weighted by molar-refractivity contribution is 6.30. The van der Waals surface area contributed by atoms with Crippen LogP contribution in [0.15, 0.2) is 35.1 Å². The molecule has 25 heavy (non-hydrogen) atoms. The molecule has 8 heteroatoms. The lowest BCUT2D eigenvalue weighted by Gasteiger charge is -2.35. The zero-order chi connectivity index (χ0) is 17.4. The van der Waals surface area contributed by atoms with E-state index in [0.29, 0.717) is 36.7 Å². The summed E-state index contributed by atoms with van der Waals surface area (Å²) < 4.78 is 10.5. The summed E-state index contributed by atoms with van der Waals surface area (Å²) in [4.78, 5) is 14.2. The zero-order valence-electron chi connectivity index (χ0n) is 13.4. The van der Waals surface area contributed by atoms with Gasteiger partial charge in [0.05, 0.1) is 6.10 Å². The molecular formula is C17H18ClN3O4. The minimum Gasteiger partial charge on any atom is -0.488 e. The molecule has 2 fully saturated rings. The fraction of sp³-hybridized carbons (Fsp3) is 0.471. The third-order valence-corrected chi connectivity index (χ3v) is 5.27. The van der Waals surface area contributed by atoms with E-state index in [9.17, 15) is 9.90 Å². The van der Waals surface area contributed by atoms with E-state index < -0.39 is 6.10 Å². The van der Waals surface area contributed by atoms with Gasteiger partial charge in [-0.1, -0.05) is 22.8 Å². The average molecular weight is 364 g/mol. The number of ether oxygens (including phenoxy) is 1. The van der Waals surface area contributed by atoms with Gasteiger partial charge in [-0.3, -0.25) is 4.79 Å². The Balaban J connectivity index is 1.42. The number of aliphatic hydroxyl groups is 1. The summed E-state index contributed by atoms with van der Waals surface area (Å²) in [7, 11) is 0. The van der Waals surface area contributed by atoms with E-state index in [-0.39, 0.29) is 29.5 Å². The third kappa shape index (κ3) is 3.34. The van der Waals surface area contributed by atoms with E-state index in [1.165, 1.54) is 6.20 Å². The van der Waals surface area contributed by atoms with Crippen LogP contribution < -0.4 is 4.74 Å². The molecule has 2 aromatic rings. The molecule has 132 valence electrons. The van der Waals surface area contributed by atoms with Crippen molar-refractivity contribution in [3.63, 3.8) is 0 Å². The first-order valence-corrected chi connectivity index (χ1v) is 8.65. The van der Waals surface area contributed by atoms with Crippen LogP contribution >= 0.6 is 11.6 Å². The molecule has 2 aliphatic rings. The first-order valence-electron chi connectivity index (χ1n) is 8.27. The van der Waals surface area contributed by atoms with Crippen LogP contribution in [0.5, 0.6) is 5.75 Å². The van der Waals surface area contributed by atoms with Crippen molar-refractivity contribution in [2.75, 3.05) is 13.1 Å². The predicted octanol–water partition coefficient (Wildman–Crippen LogP) is 2.01. The molecule has 7 nitrogen and oxygen atoms in total. The number of hydrogen-bond donors (Lipinski definition) is 1. The number of nitrogens with zero attached hydrogens (tertiary/aromatic N) is 3. The third-order valence-electron chi connectivity index (χ3n) is 5.04. The van der Waals surface area contributed by atoms with Crippen LogP contribution in [0.4, 0.5) is 0 Å². The van der Waals surface area contributed by atoms with Crippen molar-refractivity contribution in [1.29, 1.82) is 0 Å². The zero-order valence-corrected chi connectivity index (χ0v) is 14.2. The van der Waals surface area contributed by atoms with Crippen molar-refractivity contribution in [2.45, 2.75) is 25.0 Å². The Morgan fingerprint density at radius 3 is 2.84 bits per heavy atom. The van der Waals surface area contributed by atoms with Crippen molar-refractivity contribution in [3.05, 3.63) is 41.2 Å². The van der Waals surface area contributed by atoms with E-state index >= 15 is 0 Å². The first-order chi connectivity index (χ1) is 12.1. The molecular weight excluding hydrogens is 346 g/mol. The number of halogens is 1.